The molecular formula is C12H9ClF3N9O. The number of rotatable bonds is 3. The van der Waals surface area contributed by atoms with Crippen LogP contribution in [-0.2, 0) is 13.2 Å². The third kappa shape index (κ3) is 3.33. The Hall–Kier alpha value is -3.09. The van der Waals surface area contributed by atoms with Gasteiger partial charge < -0.3 is 0 Å². The van der Waals surface area contributed by atoms with Crippen molar-refractivity contribution in [1.82, 2.24) is 40.0 Å². The van der Waals surface area contributed by atoms with Gasteiger partial charge in [-0.1, -0.05) is 5.10 Å². The van der Waals surface area contributed by atoms with Gasteiger partial charge in [0.15, 0.2) is 5.82 Å². The van der Waals surface area contributed by atoms with Crippen molar-refractivity contribution in [2.24, 2.45) is 7.05 Å². The number of aryl methyl sites for hydroxylation is 2. The first-order chi connectivity index (χ1) is 12.2. The average molecular weight is 388 g/mol. The lowest BCUT2D eigenvalue weighted by atomic mass is 10.2. The summed E-state index contributed by atoms with van der Waals surface area (Å²) in [6.07, 6.45) is -4.71. The average Bonchev–Trinajstić information content (AvgIpc) is 3.11. The monoisotopic (exact) mass is 387 g/mol. The first-order valence-electron chi connectivity index (χ1n) is 6.88. The Labute approximate surface area is 148 Å². The Morgan fingerprint density at radius 1 is 1.27 bits per heavy atom. The van der Waals surface area contributed by atoms with Crippen molar-refractivity contribution in [2.75, 3.05) is 5.32 Å². The van der Waals surface area contributed by atoms with Crippen LogP contribution in [-0.4, -0.2) is 45.9 Å². The smallest absolute Gasteiger partial charge is 0.289 e. The van der Waals surface area contributed by atoms with E-state index >= 15 is 0 Å². The molecule has 3 rings (SSSR count). The summed E-state index contributed by atoms with van der Waals surface area (Å²) < 4.78 is 41.2. The zero-order chi connectivity index (χ0) is 19.1. The summed E-state index contributed by atoms with van der Waals surface area (Å²) >= 11 is 5.69. The number of nitrogens with zero attached hydrogens (tertiary/aromatic N) is 8. The largest absolute Gasteiger partial charge is 0.433 e. The number of nitrogens with one attached hydrogen (secondary N) is 1. The van der Waals surface area contributed by atoms with Gasteiger partial charge >= 0.3 is 6.18 Å². The fourth-order valence-electron chi connectivity index (χ4n) is 2.01. The van der Waals surface area contributed by atoms with E-state index in [1.54, 1.807) is 0 Å². The number of carbonyl (C=O) groups excluding carboxylic acids is 1. The predicted octanol–water partition coefficient (Wildman–Crippen LogP) is 1.42. The van der Waals surface area contributed by atoms with Crippen molar-refractivity contribution in [3.8, 4) is 5.82 Å². The normalized spacial score (nSPS) is 11.6. The molecule has 10 nitrogen and oxygen atoms in total. The molecule has 14 heteroatoms. The topological polar surface area (TPSA) is 116 Å². The molecule has 0 atom stereocenters. The molecule has 3 heterocycles. The quantitative estimate of drug-likeness (QED) is 0.722. The summed E-state index contributed by atoms with van der Waals surface area (Å²) in [7, 11) is 1.48. The number of tetrazole rings is 1. The van der Waals surface area contributed by atoms with E-state index in [0.29, 0.717) is 6.07 Å². The molecule has 0 fully saturated rings. The maximum absolute atomic E-state index is 13.0. The van der Waals surface area contributed by atoms with E-state index in [2.05, 4.69) is 35.9 Å². The van der Waals surface area contributed by atoms with Crippen LogP contribution in [0.4, 0.5) is 19.1 Å². The number of alkyl halides is 3. The van der Waals surface area contributed by atoms with Gasteiger partial charge in [-0.05, 0) is 41.1 Å². The molecule has 1 amide bonds. The number of carbonyl (C=O) groups is 1. The molecule has 0 saturated heterocycles. The standard InChI is InChI=1S/C12H9ClF3N9O/c1-5-17-10(13)21-25(5)8-6(3-4-7(18-8)12(14,15)16)9(26)19-11-20-22-23-24(11)2/h3-4H,1-2H3,(H,19,20,23,26). The van der Waals surface area contributed by atoms with Crippen LogP contribution in [0.3, 0.4) is 0 Å². The Bertz CT molecular complexity index is 981. The third-order valence-corrected chi connectivity index (χ3v) is 3.36. The van der Waals surface area contributed by atoms with Gasteiger partial charge in [0.1, 0.15) is 11.5 Å². The van der Waals surface area contributed by atoms with Crippen molar-refractivity contribution in [1.29, 1.82) is 0 Å². The lowest BCUT2D eigenvalue weighted by Crippen LogP contribution is -2.21. The van der Waals surface area contributed by atoms with E-state index in [0.717, 1.165) is 10.7 Å². The molecule has 26 heavy (non-hydrogen) atoms. The molecule has 0 aliphatic heterocycles. The summed E-state index contributed by atoms with van der Waals surface area (Å²) in [6.45, 7) is 1.45. The van der Waals surface area contributed by atoms with Gasteiger partial charge in [-0.25, -0.2) is 14.6 Å². The van der Waals surface area contributed by atoms with E-state index in [1.807, 2.05) is 0 Å². The lowest BCUT2D eigenvalue weighted by Gasteiger charge is -2.12. The van der Waals surface area contributed by atoms with Gasteiger partial charge in [0.25, 0.3) is 5.91 Å². The Balaban J connectivity index is 2.11. The maximum Gasteiger partial charge on any atom is 0.433 e. The molecule has 0 aromatic carbocycles. The summed E-state index contributed by atoms with van der Waals surface area (Å²) in [4.78, 5) is 19.8. The summed E-state index contributed by atoms with van der Waals surface area (Å²) in [5.41, 5.74) is -1.40. The summed E-state index contributed by atoms with van der Waals surface area (Å²) in [5.74, 6) is -1.03. The molecule has 3 aromatic rings. The van der Waals surface area contributed by atoms with Crippen molar-refractivity contribution in [3.05, 3.63) is 34.5 Å². The second kappa shape index (κ2) is 6.33. The highest BCUT2D eigenvalue weighted by molar-refractivity contribution is 6.28. The Kier molecular flexibility index (Phi) is 4.31. The fourth-order valence-corrected chi connectivity index (χ4v) is 2.21. The second-order valence-corrected chi connectivity index (χ2v) is 5.32. The van der Waals surface area contributed by atoms with E-state index < -0.39 is 17.8 Å². The number of aromatic nitrogens is 8. The number of anilines is 1. The van der Waals surface area contributed by atoms with Gasteiger partial charge in [0, 0.05) is 7.05 Å². The number of hydrogen-bond acceptors (Lipinski definition) is 7. The third-order valence-electron chi connectivity index (χ3n) is 3.20. The van der Waals surface area contributed by atoms with E-state index in [-0.39, 0.29) is 28.4 Å². The lowest BCUT2D eigenvalue weighted by molar-refractivity contribution is -0.141. The molecule has 1 N–H and O–H groups in total. The first kappa shape index (κ1) is 17.7. The van der Waals surface area contributed by atoms with Crippen LogP contribution >= 0.6 is 11.6 Å². The highest BCUT2D eigenvalue weighted by Gasteiger charge is 2.34. The molecule has 0 unspecified atom stereocenters. The maximum atomic E-state index is 13.0. The molecule has 136 valence electrons. The van der Waals surface area contributed by atoms with Crippen LogP contribution in [0.15, 0.2) is 12.1 Å². The molecule has 0 aliphatic rings. The molecule has 0 saturated carbocycles. The molecule has 0 bridgehead atoms. The number of pyridine rings is 1. The summed E-state index contributed by atoms with van der Waals surface area (Å²) in [6, 6.07) is 1.65. The number of hydrogen-bond donors (Lipinski definition) is 1. The van der Waals surface area contributed by atoms with Crippen LogP contribution < -0.4 is 5.32 Å². The Morgan fingerprint density at radius 2 is 2.00 bits per heavy atom. The second-order valence-electron chi connectivity index (χ2n) is 4.99. The van der Waals surface area contributed by atoms with Gasteiger partial charge in [-0.15, -0.1) is 5.10 Å². The van der Waals surface area contributed by atoms with E-state index in [1.165, 1.54) is 18.7 Å². The van der Waals surface area contributed by atoms with Crippen LogP contribution in [0.2, 0.25) is 5.28 Å². The van der Waals surface area contributed by atoms with Crippen molar-refractivity contribution >= 4 is 23.5 Å². The van der Waals surface area contributed by atoms with E-state index in [4.69, 9.17) is 11.6 Å². The summed E-state index contributed by atoms with van der Waals surface area (Å²) in [5, 5.41) is 16.4. The number of amides is 1. The van der Waals surface area contributed by atoms with Crippen LogP contribution in [0.25, 0.3) is 5.82 Å². The SMILES string of the molecule is Cc1nc(Cl)nn1-c1nc(C(F)(F)F)ccc1C(=O)Nc1nnnn1C. The minimum absolute atomic E-state index is 0.00538. The van der Waals surface area contributed by atoms with Crippen LogP contribution in [0, 0.1) is 6.92 Å². The van der Waals surface area contributed by atoms with Gasteiger partial charge in [-0.2, -0.15) is 17.9 Å². The Morgan fingerprint density at radius 3 is 2.54 bits per heavy atom. The van der Waals surface area contributed by atoms with Crippen molar-refractivity contribution < 1.29 is 18.0 Å². The number of halogens is 4. The zero-order valence-corrected chi connectivity index (χ0v) is 13.9. The molecule has 0 aliphatic carbocycles. The fraction of sp³-hybridized carbons (Fsp3) is 0.250. The van der Waals surface area contributed by atoms with Crippen LogP contribution in [0.1, 0.15) is 21.9 Å². The highest BCUT2D eigenvalue weighted by Crippen LogP contribution is 2.29. The molecule has 0 spiro atoms. The van der Waals surface area contributed by atoms with Crippen LogP contribution in [0.5, 0.6) is 0 Å². The van der Waals surface area contributed by atoms with Gasteiger partial charge in [0.05, 0.1) is 5.56 Å². The predicted molar refractivity (Wildman–Crippen MR) is 80.7 cm³/mol. The highest BCUT2D eigenvalue weighted by atomic mass is 35.5. The zero-order valence-electron chi connectivity index (χ0n) is 13.2. The minimum Gasteiger partial charge on any atom is -0.289 e. The van der Waals surface area contributed by atoms with E-state index in [9.17, 15) is 18.0 Å². The molecule has 0 radical (unpaired) electrons. The molecular weight excluding hydrogens is 379 g/mol. The minimum atomic E-state index is -4.71. The first-order valence-corrected chi connectivity index (χ1v) is 7.26. The van der Waals surface area contributed by atoms with Crippen molar-refractivity contribution in [2.45, 2.75) is 13.1 Å². The van der Waals surface area contributed by atoms with Gasteiger partial charge in [-0.3, -0.25) is 10.1 Å². The van der Waals surface area contributed by atoms with Gasteiger partial charge in [0.2, 0.25) is 11.2 Å². The van der Waals surface area contributed by atoms with Crippen molar-refractivity contribution in [3.63, 3.8) is 0 Å². The molecule has 3 aromatic heterocycles.